The van der Waals surface area contributed by atoms with E-state index in [-0.39, 0.29) is 12.1 Å². The average Bonchev–Trinajstić information content (AvgIpc) is 2.59. The molecule has 2 rings (SSSR count). The summed E-state index contributed by atoms with van der Waals surface area (Å²) in [6.07, 6.45) is -0.0413. The average molecular weight is 356 g/mol. The summed E-state index contributed by atoms with van der Waals surface area (Å²) in [7, 11) is 1.21. The van der Waals surface area contributed by atoms with E-state index in [0.717, 1.165) is 11.1 Å². The number of aryl methyl sites for hydroxylation is 2. The Morgan fingerprint density at radius 2 is 1.77 bits per heavy atom. The third-order valence-electron chi connectivity index (χ3n) is 3.89. The van der Waals surface area contributed by atoms with E-state index in [2.05, 4.69) is 5.32 Å². The third-order valence-corrected chi connectivity index (χ3v) is 3.89. The molecule has 0 bridgehead atoms. The largest absolute Gasteiger partial charge is 0.467 e. The smallest absolute Gasteiger partial charge is 0.328 e. The summed E-state index contributed by atoms with van der Waals surface area (Å²) in [5.41, 5.74) is 2.49. The first-order valence-electron chi connectivity index (χ1n) is 8.01. The minimum Gasteiger partial charge on any atom is -0.467 e. The predicted molar refractivity (Wildman–Crippen MR) is 96.0 cm³/mol. The molecule has 0 aliphatic carbocycles. The molecule has 7 nitrogen and oxygen atoms in total. The van der Waals surface area contributed by atoms with Gasteiger partial charge in [0.05, 0.1) is 12.0 Å². The van der Waals surface area contributed by atoms with Crippen molar-refractivity contribution in [2.24, 2.45) is 0 Å². The number of carbonyl (C=O) groups excluding carboxylic acids is 2. The van der Waals surface area contributed by atoms with Crippen LogP contribution in [0.1, 0.15) is 27.0 Å². The van der Waals surface area contributed by atoms with Gasteiger partial charge in [0, 0.05) is 23.6 Å². The monoisotopic (exact) mass is 356 g/mol. The molecular weight excluding hydrogens is 336 g/mol. The van der Waals surface area contributed by atoms with Crippen molar-refractivity contribution in [3.05, 3.63) is 74.8 Å². The number of nitro groups is 1. The van der Waals surface area contributed by atoms with Crippen molar-refractivity contribution >= 4 is 17.6 Å². The second kappa shape index (κ2) is 8.24. The number of para-hydroxylation sites is 1. The summed E-state index contributed by atoms with van der Waals surface area (Å²) < 4.78 is 4.75. The lowest BCUT2D eigenvalue weighted by atomic mass is 10.0. The summed E-state index contributed by atoms with van der Waals surface area (Å²) in [6.45, 7) is 3.74. The van der Waals surface area contributed by atoms with Gasteiger partial charge in [0.15, 0.2) is 0 Å². The van der Waals surface area contributed by atoms with Gasteiger partial charge in [-0.15, -0.1) is 0 Å². The van der Waals surface area contributed by atoms with Gasteiger partial charge in [-0.2, -0.15) is 0 Å². The van der Waals surface area contributed by atoms with Gasteiger partial charge in [0.25, 0.3) is 11.6 Å². The second-order valence-corrected chi connectivity index (χ2v) is 6.02. The summed E-state index contributed by atoms with van der Waals surface area (Å²) in [5, 5.41) is 13.8. The van der Waals surface area contributed by atoms with Crippen LogP contribution >= 0.6 is 0 Å². The molecule has 0 saturated carbocycles. The van der Waals surface area contributed by atoms with E-state index < -0.39 is 22.8 Å². The molecule has 0 aromatic heterocycles. The van der Waals surface area contributed by atoms with Gasteiger partial charge < -0.3 is 10.1 Å². The zero-order valence-corrected chi connectivity index (χ0v) is 14.8. The van der Waals surface area contributed by atoms with E-state index in [1.54, 1.807) is 30.3 Å². The van der Waals surface area contributed by atoms with E-state index in [0.29, 0.717) is 11.1 Å². The second-order valence-electron chi connectivity index (χ2n) is 6.02. The molecule has 0 saturated heterocycles. The molecule has 0 spiro atoms. The molecule has 2 aromatic rings. The fraction of sp³-hybridized carbons (Fsp3) is 0.263. The number of nitrogens with zero attached hydrogens (tertiary/aromatic N) is 1. The lowest BCUT2D eigenvalue weighted by Gasteiger charge is -2.17. The molecule has 0 unspecified atom stereocenters. The van der Waals surface area contributed by atoms with Gasteiger partial charge in [0.2, 0.25) is 0 Å². The number of methoxy groups -OCH3 is 1. The minimum absolute atomic E-state index is 0.0413. The van der Waals surface area contributed by atoms with Crippen LogP contribution in [0.25, 0.3) is 0 Å². The Morgan fingerprint density at radius 3 is 2.35 bits per heavy atom. The van der Waals surface area contributed by atoms with Crippen molar-refractivity contribution in [3.8, 4) is 0 Å². The maximum atomic E-state index is 12.5. The van der Waals surface area contributed by atoms with E-state index >= 15 is 0 Å². The minimum atomic E-state index is -1.03. The molecule has 136 valence electrons. The first-order valence-corrected chi connectivity index (χ1v) is 8.01. The van der Waals surface area contributed by atoms with Crippen molar-refractivity contribution in [1.82, 2.24) is 5.32 Å². The first kappa shape index (κ1) is 19.1. The molecule has 0 radical (unpaired) electrons. The highest BCUT2D eigenvalue weighted by Crippen LogP contribution is 2.20. The fourth-order valence-corrected chi connectivity index (χ4v) is 2.76. The van der Waals surface area contributed by atoms with Crippen LogP contribution < -0.4 is 5.32 Å². The Labute approximate surface area is 151 Å². The SMILES string of the molecule is COC(=O)[C@@H](Cc1ccccc1[N+](=O)[O-])NC(=O)c1cc(C)cc(C)c1. The van der Waals surface area contributed by atoms with Gasteiger partial charge in [-0.05, 0) is 26.0 Å². The maximum absolute atomic E-state index is 12.5. The third kappa shape index (κ3) is 4.66. The number of ether oxygens (including phenoxy) is 1. The Balaban J connectivity index is 2.27. The molecule has 0 aliphatic rings. The molecule has 1 atom stereocenters. The molecule has 1 amide bonds. The molecule has 26 heavy (non-hydrogen) atoms. The quantitative estimate of drug-likeness (QED) is 0.487. The Kier molecular flexibility index (Phi) is 6.06. The zero-order valence-electron chi connectivity index (χ0n) is 14.8. The van der Waals surface area contributed by atoms with Crippen molar-refractivity contribution in [2.75, 3.05) is 7.11 Å². The van der Waals surface area contributed by atoms with Crippen LogP contribution in [-0.2, 0) is 16.0 Å². The number of benzene rings is 2. The van der Waals surface area contributed by atoms with Crippen LogP contribution in [0.2, 0.25) is 0 Å². The molecular formula is C19H20N2O5. The van der Waals surface area contributed by atoms with Gasteiger partial charge in [-0.3, -0.25) is 14.9 Å². The van der Waals surface area contributed by atoms with E-state index in [1.807, 2.05) is 19.9 Å². The van der Waals surface area contributed by atoms with E-state index in [1.165, 1.54) is 13.2 Å². The molecule has 0 fully saturated rings. The van der Waals surface area contributed by atoms with Crippen molar-refractivity contribution in [2.45, 2.75) is 26.3 Å². The van der Waals surface area contributed by atoms with Gasteiger partial charge in [-0.1, -0.05) is 35.4 Å². The van der Waals surface area contributed by atoms with E-state index in [4.69, 9.17) is 4.74 Å². The molecule has 7 heteroatoms. The highest BCUT2D eigenvalue weighted by atomic mass is 16.6. The Hall–Kier alpha value is -3.22. The Bertz CT molecular complexity index is 827. The molecule has 2 aromatic carbocycles. The number of amides is 1. The lowest BCUT2D eigenvalue weighted by Crippen LogP contribution is -2.43. The maximum Gasteiger partial charge on any atom is 0.328 e. The predicted octanol–water partition coefficient (Wildman–Crippen LogP) is 2.73. The summed E-state index contributed by atoms with van der Waals surface area (Å²) >= 11 is 0. The van der Waals surface area contributed by atoms with Crippen LogP contribution in [0, 0.1) is 24.0 Å². The summed E-state index contributed by atoms with van der Waals surface area (Å²) in [5.74, 6) is -1.10. The topological polar surface area (TPSA) is 98.5 Å². The Morgan fingerprint density at radius 1 is 1.15 bits per heavy atom. The van der Waals surface area contributed by atoms with E-state index in [9.17, 15) is 19.7 Å². The first-order chi connectivity index (χ1) is 12.3. The normalized spacial score (nSPS) is 11.5. The highest BCUT2D eigenvalue weighted by Gasteiger charge is 2.26. The van der Waals surface area contributed by atoms with Gasteiger partial charge in [-0.25, -0.2) is 4.79 Å². The number of rotatable bonds is 6. The number of esters is 1. The fourth-order valence-electron chi connectivity index (χ4n) is 2.76. The summed E-state index contributed by atoms with van der Waals surface area (Å²) in [4.78, 5) is 35.3. The van der Waals surface area contributed by atoms with Crippen LogP contribution in [0.5, 0.6) is 0 Å². The molecule has 0 aliphatic heterocycles. The number of carbonyl (C=O) groups is 2. The number of hydrogen-bond donors (Lipinski definition) is 1. The van der Waals surface area contributed by atoms with Crippen LogP contribution in [0.15, 0.2) is 42.5 Å². The van der Waals surface area contributed by atoms with Crippen molar-refractivity contribution in [1.29, 1.82) is 0 Å². The number of hydrogen-bond acceptors (Lipinski definition) is 5. The number of nitro benzene ring substituents is 1. The number of nitrogens with one attached hydrogen (secondary N) is 1. The van der Waals surface area contributed by atoms with Crippen LogP contribution in [-0.4, -0.2) is 30.0 Å². The summed E-state index contributed by atoms with van der Waals surface area (Å²) in [6, 6.07) is 10.4. The van der Waals surface area contributed by atoms with Gasteiger partial charge in [0.1, 0.15) is 6.04 Å². The highest BCUT2D eigenvalue weighted by molar-refractivity contribution is 5.97. The van der Waals surface area contributed by atoms with Crippen LogP contribution in [0.3, 0.4) is 0 Å². The zero-order chi connectivity index (χ0) is 19.3. The van der Waals surface area contributed by atoms with Crippen LogP contribution in [0.4, 0.5) is 5.69 Å². The standard InChI is InChI=1S/C19H20N2O5/c1-12-8-13(2)10-15(9-12)18(22)20-16(19(23)26-3)11-14-6-4-5-7-17(14)21(24)25/h4-10,16H,11H2,1-3H3,(H,20,22)/t16-/m1/s1. The molecule has 1 N–H and O–H groups in total. The van der Waals surface area contributed by atoms with Crippen molar-refractivity contribution in [3.63, 3.8) is 0 Å². The van der Waals surface area contributed by atoms with Gasteiger partial charge >= 0.3 is 5.97 Å². The molecule has 0 heterocycles. The lowest BCUT2D eigenvalue weighted by molar-refractivity contribution is -0.385. The van der Waals surface area contributed by atoms with Crippen molar-refractivity contribution < 1.29 is 19.2 Å².